The number of nitrogens with zero attached hydrogens (tertiary/aromatic N) is 2. The third-order valence-corrected chi connectivity index (χ3v) is 5.14. The van der Waals surface area contributed by atoms with Crippen molar-refractivity contribution in [3.8, 4) is 0 Å². The molecule has 2 aromatic rings. The average molecular weight is 362 g/mol. The van der Waals surface area contributed by atoms with Gasteiger partial charge in [0.15, 0.2) is 5.16 Å². The Balaban J connectivity index is 1.90. The van der Waals surface area contributed by atoms with Crippen LogP contribution in [0, 0.1) is 0 Å². The fourth-order valence-corrected chi connectivity index (χ4v) is 3.16. The SMILES string of the molecule is CCCCn1c(SCC(=O)Nc2ccc([C@H](C)CC)cc2)n[nH]c1=O. The molecule has 0 aliphatic heterocycles. The van der Waals surface area contributed by atoms with Gasteiger partial charge in [0, 0.05) is 12.2 Å². The second-order valence-electron chi connectivity index (χ2n) is 6.08. The summed E-state index contributed by atoms with van der Waals surface area (Å²) in [4.78, 5) is 23.9. The number of carbonyl (C=O) groups excluding carboxylic acids is 1. The molecule has 1 aromatic heterocycles. The zero-order valence-corrected chi connectivity index (χ0v) is 15.9. The van der Waals surface area contributed by atoms with Gasteiger partial charge in [-0.2, -0.15) is 0 Å². The topological polar surface area (TPSA) is 79.8 Å². The van der Waals surface area contributed by atoms with Crippen molar-refractivity contribution in [3.63, 3.8) is 0 Å². The number of hydrogen-bond donors (Lipinski definition) is 2. The van der Waals surface area contributed by atoms with Crippen molar-refractivity contribution in [2.75, 3.05) is 11.1 Å². The molecular weight excluding hydrogens is 336 g/mol. The number of carbonyl (C=O) groups is 1. The maximum absolute atomic E-state index is 12.1. The summed E-state index contributed by atoms with van der Waals surface area (Å²) >= 11 is 1.27. The van der Waals surface area contributed by atoms with E-state index in [-0.39, 0.29) is 17.3 Å². The Morgan fingerprint density at radius 2 is 2.04 bits per heavy atom. The van der Waals surface area contributed by atoms with Crippen LogP contribution in [0.25, 0.3) is 0 Å². The summed E-state index contributed by atoms with van der Waals surface area (Å²) in [7, 11) is 0. The molecule has 0 aliphatic carbocycles. The molecule has 1 aromatic carbocycles. The number of rotatable bonds is 9. The average Bonchev–Trinajstić information content (AvgIpc) is 2.98. The molecule has 0 bridgehead atoms. The first-order valence-corrected chi connectivity index (χ1v) is 9.71. The molecule has 0 aliphatic rings. The maximum Gasteiger partial charge on any atom is 0.343 e. The lowest BCUT2D eigenvalue weighted by Crippen LogP contribution is -2.19. The van der Waals surface area contributed by atoms with Gasteiger partial charge < -0.3 is 5.32 Å². The second kappa shape index (κ2) is 9.46. The van der Waals surface area contributed by atoms with Crippen LogP contribution in [0.2, 0.25) is 0 Å². The molecule has 0 fully saturated rings. The number of nitrogens with one attached hydrogen (secondary N) is 2. The molecule has 136 valence electrons. The van der Waals surface area contributed by atoms with E-state index in [0.717, 1.165) is 24.9 Å². The van der Waals surface area contributed by atoms with Gasteiger partial charge in [-0.1, -0.05) is 51.1 Å². The van der Waals surface area contributed by atoms with Crippen LogP contribution in [0.4, 0.5) is 5.69 Å². The number of aromatic amines is 1. The Morgan fingerprint density at radius 3 is 2.68 bits per heavy atom. The van der Waals surface area contributed by atoms with Crippen LogP contribution in [0.3, 0.4) is 0 Å². The van der Waals surface area contributed by atoms with E-state index in [4.69, 9.17) is 0 Å². The smallest absolute Gasteiger partial charge is 0.325 e. The molecule has 2 rings (SSSR count). The molecule has 1 heterocycles. The molecule has 0 unspecified atom stereocenters. The van der Waals surface area contributed by atoms with Gasteiger partial charge in [0.05, 0.1) is 5.75 Å². The molecular formula is C18H26N4O2S. The van der Waals surface area contributed by atoms with Crippen molar-refractivity contribution in [2.45, 2.75) is 57.7 Å². The first-order chi connectivity index (χ1) is 12.0. The standard InChI is InChI=1S/C18H26N4O2S/c1-4-6-11-22-17(24)20-21-18(22)25-12-16(23)19-15-9-7-14(8-10-15)13(3)5-2/h7-10,13H,4-6,11-12H2,1-3H3,(H,19,23)(H,20,24)/t13-/m1/s1. The molecule has 0 radical (unpaired) electrons. The van der Waals surface area contributed by atoms with Crippen LogP contribution in [0.1, 0.15) is 51.5 Å². The van der Waals surface area contributed by atoms with Crippen molar-refractivity contribution in [3.05, 3.63) is 40.3 Å². The van der Waals surface area contributed by atoms with Crippen molar-refractivity contribution in [1.82, 2.24) is 14.8 Å². The first-order valence-electron chi connectivity index (χ1n) is 8.73. The van der Waals surface area contributed by atoms with Crippen LogP contribution in [-0.2, 0) is 11.3 Å². The lowest BCUT2D eigenvalue weighted by molar-refractivity contribution is -0.113. The molecule has 0 saturated carbocycles. The van der Waals surface area contributed by atoms with Crippen LogP contribution in [0.5, 0.6) is 0 Å². The third-order valence-electron chi connectivity index (χ3n) is 4.17. The van der Waals surface area contributed by atoms with Gasteiger partial charge in [0.1, 0.15) is 0 Å². The highest BCUT2D eigenvalue weighted by Crippen LogP contribution is 2.21. The fourth-order valence-electron chi connectivity index (χ4n) is 2.38. The summed E-state index contributed by atoms with van der Waals surface area (Å²) in [5.41, 5.74) is 1.83. The van der Waals surface area contributed by atoms with Gasteiger partial charge in [0.2, 0.25) is 5.91 Å². The Morgan fingerprint density at radius 1 is 1.32 bits per heavy atom. The van der Waals surface area contributed by atoms with E-state index in [9.17, 15) is 9.59 Å². The highest BCUT2D eigenvalue weighted by Gasteiger charge is 2.11. The van der Waals surface area contributed by atoms with Crippen molar-refractivity contribution in [1.29, 1.82) is 0 Å². The molecule has 6 nitrogen and oxygen atoms in total. The molecule has 7 heteroatoms. The predicted octanol–water partition coefficient (Wildman–Crippen LogP) is 3.62. The van der Waals surface area contributed by atoms with E-state index >= 15 is 0 Å². The van der Waals surface area contributed by atoms with Crippen molar-refractivity contribution >= 4 is 23.4 Å². The highest BCUT2D eigenvalue weighted by atomic mass is 32.2. The largest absolute Gasteiger partial charge is 0.343 e. The van der Waals surface area contributed by atoms with Crippen LogP contribution in [0.15, 0.2) is 34.2 Å². The number of aromatic nitrogens is 3. The lowest BCUT2D eigenvalue weighted by Gasteiger charge is -2.10. The minimum atomic E-state index is -0.225. The number of benzene rings is 1. The number of unbranched alkanes of at least 4 members (excludes halogenated alkanes) is 1. The van der Waals surface area contributed by atoms with Gasteiger partial charge in [0.25, 0.3) is 0 Å². The summed E-state index contributed by atoms with van der Waals surface area (Å²) in [6.07, 6.45) is 2.99. The molecule has 0 spiro atoms. The van der Waals surface area contributed by atoms with E-state index in [1.807, 2.05) is 24.3 Å². The fraction of sp³-hybridized carbons (Fsp3) is 0.500. The Kier molecular flexibility index (Phi) is 7.31. The Labute approximate surface area is 152 Å². The maximum atomic E-state index is 12.1. The highest BCUT2D eigenvalue weighted by molar-refractivity contribution is 7.99. The minimum absolute atomic E-state index is 0.112. The normalized spacial score (nSPS) is 12.1. The van der Waals surface area contributed by atoms with Crippen LogP contribution in [-0.4, -0.2) is 26.4 Å². The Bertz CT molecular complexity index is 736. The molecule has 2 N–H and O–H groups in total. The summed E-state index contributed by atoms with van der Waals surface area (Å²) in [5, 5.41) is 9.88. The quantitative estimate of drug-likeness (QED) is 0.668. The summed E-state index contributed by atoms with van der Waals surface area (Å²) in [6, 6.07) is 7.95. The minimum Gasteiger partial charge on any atom is -0.325 e. The Hall–Kier alpha value is -2.02. The number of H-pyrrole nitrogens is 1. The van der Waals surface area contributed by atoms with Gasteiger partial charge >= 0.3 is 5.69 Å². The first kappa shape index (κ1) is 19.3. The summed E-state index contributed by atoms with van der Waals surface area (Å²) in [6.45, 7) is 7.03. The van der Waals surface area contributed by atoms with Crippen LogP contribution >= 0.6 is 11.8 Å². The van der Waals surface area contributed by atoms with E-state index < -0.39 is 0 Å². The third kappa shape index (κ3) is 5.49. The monoisotopic (exact) mass is 362 g/mol. The van der Waals surface area contributed by atoms with Gasteiger partial charge in [-0.15, -0.1) is 5.10 Å². The van der Waals surface area contributed by atoms with E-state index in [1.165, 1.54) is 17.3 Å². The summed E-state index contributed by atoms with van der Waals surface area (Å²) in [5.74, 6) is 0.613. The number of thioether (sulfide) groups is 1. The van der Waals surface area contributed by atoms with Crippen LogP contribution < -0.4 is 11.0 Å². The number of amides is 1. The molecule has 0 saturated heterocycles. The van der Waals surface area contributed by atoms with E-state index in [1.54, 1.807) is 4.57 Å². The molecule has 1 amide bonds. The zero-order valence-electron chi connectivity index (χ0n) is 15.0. The molecule has 1 atom stereocenters. The van der Waals surface area contributed by atoms with Gasteiger partial charge in [-0.3, -0.25) is 9.36 Å². The zero-order chi connectivity index (χ0) is 18.2. The van der Waals surface area contributed by atoms with Crippen molar-refractivity contribution in [2.24, 2.45) is 0 Å². The summed E-state index contributed by atoms with van der Waals surface area (Å²) < 4.78 is 1.59. The number of hydrogen-bond acceptors (Lipinski definition) is 4. The van der Waals surface area contributed by atoms with Crippen molar-refractivity contribution < 1.29 is 4.79 Å². The van der Waals surface area contributed by atoms with Gasteiger partial charge in [-0.25, -0.2) is 9.89 Å². The van der Waals surface area contributed by atoms with E-state index in [2.05, 4.69) is 36.3 Å². The van der Waals surface area contributed by atoms with Gasteiger partial charge in [-0.05, 0) is 36.5 Å². The molecule has 25 heavy (non-hydrogen) atoms. The van der Waals surface area contributed by atoms with E-state index in [0.29, 0.717) is 17.6 Å². The number of anilines is 1. The lowest BCUT2D eigenvalue weighted by atomic mass is 9.99. The predicted molar refractivity (Wildman–Crippen MR) is 102 cm³/mol. The second-order valence-corrected chi connectivity index (χ2v) is 7.03.